The third-order valence-electron chi connectivity index (χ3n) is 3.31. The molecule has 2 aromatic carbocycles. The van der Waals surface area contributed by atoms with Crippen molar-refractivity contribution in [1.82, 2.24) is 0 Å². The van der Waals surface area contributed by atoms with E-state index < -0.39 is 0 Å². The number of nitrogens with zero attached hydrogens (tertiary/aromatic N) is 2. The van der Waals surface area contributed by atoms with Crippen molar-refractivity contribution in [1.29, 1.82) is 0 Å². The standard InChI is InChI=1S/C16H11ClN2S2/c17-12-8-6-11(7-9-12)15-19-13-16(21-15)20-14(18-13)10-4-2-1-3-5-10/h1-9,13,16H/t13-,16+/m1/s1. The summed E-state index contributed by atoms with van der Waals surface area (Å²) in [6.45, 7) is 0. The zero-order valence-corrected chi connectivity index (χ0v) is 13.3. The van der Waals surface area contributed by atoms with Gasteiger partial charge in [0.05, 0.1) is 0 Å². The van der Waals surface area contributed by atoms with Gasteiger partial charge in [-0.2, -0.15) is 0 Å². The van der Waals surface area contributed by atoms with E-state index in [0.717, 1.165) is 20.7 Å². The zero-order chi connectivity index (χ0) is 14.2. The maximum Gasteiger partial charge on any atom is 0.163 e. The molecule has 0 unspecified atom stereocenters. The molecule has 0 saturated heterocycles. The van der Waals surface area contributed by atoms with Gasteiger partial charge in [-0.25, -0.2) is 9.98 Å². The number of rotatable bonds is 2. The minimum atomic E-state index is 0.0286. The average molecular weight is 331 g/mol. The molecule has 2 heterocycles. The van der Waals surface area contributed by atoms with Gasteiger partial charge in [-0.15, -0.1) is 0 Å². The highest BCUT2D eigenvalue weighted by Gasteiger charge is 2.37. The second-order valence-corrected chi connectivity index (χ2v) is 7.75. The summed E-state index contributed by atoms with van der Waals surface area (Å²) in [5, 5.41) is 2.91. The lowest BCUT2D eigenvalue weighted by molar-refractivity contribution is 0.809. The topological polar surface area (TPSA) is 24.7 Å². The van der Waals surface area contributed by atoms with Gasteiger partial charge >= 0.3 is 0 Å². The number of halogens is 1. The average Bonchev–Trinajstić information content (AvgIpc) is 3.07. The minimum Gasteiger partial charge on any atom is -0.249 e. The van der Waals surface area contributed by atoms with Gasteiger partial charge in [-0.3, -0.25) is 0 Å². The summed E-state index contributed by atoms with van der Waals surface area (Å²) in [6, 6.07) is 18.1. The molecule has 2 aliphatic rings. The highest BCUT2D eigenvalue weighted by atomic mass is 35.5. The first kappa shape index (κ1) is 13.4. The molecule has 2 atom stereocenters. The molecule has 4 rings (SSSR count). The van der Waals surface area contributed by atoms with Crippen molar-refractivity contribution in [2.75, 3.05) is 0 Å². The Morgan fingerprint density at radius 2 is 1.33 bits per heavy atom. The molecule has 0 aromatic heterocycles. The van der Waals surface area contributed by atoms with E-state index in [1.807, 2.05) is 54.2 Å². The van der Waals surface area contributed by atoms with Crippen LogP contribution >= 0.6 is 35.1 Å². The SMILES string of the molecule is Clc1ccc(C2=N[C@H]3N=C(c4ccccc4)S[C@H]3S2)cc1. The third kappa shape index (κ3) is 2.63. The van der Waals surface area contributed by atoms with Crippen LogP contribution in [0.15, 0.2) is 64.6 Å². The van der Waals surface area contributed by atoms with Crippen LogP contribution in [0.5, 0.6) is 0 Å². The van der Waals surface area contributed by atoms with E-state index in [-0.39, 0.29) is 6.17 Å². The van der Waals surface area contributed by atoms with Crippen LogP contribution in [0.3, 0.4) is 0 Å². The van der Waals surface area contributed by atoms with Gasteiger partial charge < -0.3 is 0 Å². The predicted molar refractivity (Wildman–Crippen MR) is 93.7 cm³/mol. The van der Waals surface area contributed by atoms with Crippen LogP contribution in [0, 0.1) is 0 Å². The molecule has 0 aliphatic carbocycles. The number of fused-ring (bicyclic) bond motifs is 1. The van der Waals surface area contributed by atoms with Gasteiger partial charge in [-0.05, 0) is 12.1 Å². The first-order chi connectivity index (χ1) is 10.3. The lowest BCUT2D eigenvalue weighted by Gasteiger charge is -2.05. The van der Waals surface area contributed by atoms with Gasteiger partial charge in [0.1, 0.15) is 14.7 Å². The fourth-order valence-electron chi connectivity index (χ4n) is 2.28. The van der Waals surface area contributed by atoms with E-state index in [1.54, 1.807) is 11.8 Å². The molecule has 0 bridgehead atoms. The van der Waals surface area contributed by atoms with E-state index in [1.165, 1.54) is 5.56 Å². The van der Waals surface area contributed by atoms with Crippen LogP contribution in [0.1, 0.15) is 11.1 Å². The quantitative estimate of drug-likeness (QED) is 0.798. The molecule has 0 amide bonds. The van der Waals surface area contributed by atoms with E-state index in [0.29, 0.717) is 4.58 Å². The largest absolute Gasteiger partial charge is 0.249 e. The smallest absolute Gasteiger partial charge is 0.163 e. The Hall–Kier alpha value is -1.23. The second kappa shape index (κ2) is 5.52. The molecule has 21 heavy (non-hydrogen) atoms. The molecule has 0 N–H and O–H groups in total. The van der Waals surface area contributed by atoms with Gasteiger partial charge in [0.25, 0.3) is 0 Å². The molecule has 2 nitrogen and oxygen atoms in total. The van der Waals surface area contributed by atoms with Gasteiger partial charge in [0.2, 0.25) is 0 Å². The maximum atomic E-state index is 5.93. The fraction of sp³-hybridized carbons (Fsp3) is 0.125. The Morgan fingerprint density at radius 1 is 0.762 bits per heavy atom. The van der Waals surface area contributed by atoms with Crippen LogP contribution in [0.25, 0.3) is 0 Å². The van der Waals surface area contributed by atoms with Crippen molar-refractivity contribution in [3.63, 3.8) is 0 Å². The molecular weight excluding hydrogens is 320 g/mol. The van der Waals surface area contributed by atoms with Crippen molar-refractivity contribution < 1.29 is 0 Å². The monoisotopic (exact) mass is 330 g/mol. The first-order valence-corrected chi connectivity index (χ1v) is 8.73. The molecule has 0 radical (unpaired) electrons. The van der Waals surface area contributed by atoms with Crippen molar-refractivity contribution in [2.24, 2.45) is 9.98 Å². The Labute approximate surface area is 136 Å². The third-order valence-corrected chi connectivity index (χ3v) is 6.22. The molecule has 0 spiro atoms. The van der Waals surface area contributed by atoms with Crippen LogP contribution in [0.2, 0.25) is 5.02 Å². The van der Waals surface area contributed by atoms with Crippen molar-refractivity contribution in [3.8, 4) is 0 Å². The number of thioether (sulfide) groups is 2. The zero-order valence-electron chi connectivity index (χ0n) is 10.9. The van der Waals surface area contributed by atoms with Crippen molar-refractivity contribution in [2.45, 2.75) is 10.7 Å². The summed E-state index contributed by atoms with van der Waals surface area (Å²) in [4.78, 5) is 9.51. The molecule has 0 saturated carbocycles. The predicted octanol–water partition coefficient (Wildman–Crippen LogP) is 4.68. The molecule has 0 fully saturated rings. The fourth-order valence-corrected chi connectivity index (χ4v) is 4.95. The van der Waals surface area contributed by atoms with Crippen molar-refractivity contribution in [3.05, 3.63) is 70.7 Å². The van der Waals surface area contributed by atoms with Crippen molar-refractivity contribution >= 4 is 45.2 Å². The van der Waals surface area contributed by atoms with Crippen LogP contribution in [-0.4, -0.2) is 20.8 Å². The van der Waals surface area contributed by atoms with E-state index >= 15 is 0 Å². The molecule has 104 valence electrons. The van der Waals surface area contributed by atoms with E-state index in [9.17, 15) is 0 Å². The first-order valence-electron chi connectivity index (χ1n) is 6.60. The molecular formula is C16H11ClN2S2. The summed E-state index contributed by atoms with van der Waals surface area (Å²) >= 11 is 9.53. The number of hydrogen-bond donors (Lipinski definition) is 0. The molecule has 5 heteroatoms. The van der Waals surface area contributed by atoms with E-state index in [4.69, 9.17) is 21.6 Å². The number of benzene rings is 2. The Kier molecular flexibility index (Phi) is 3.53. The summed E-state index contributed by atoms with van der Waals surface area (Å²) in [6.07, 6.45) is 0.0286. The summed E-state index contributed by atoms with van der Waals surface area (Å²) < 4.78 is 0.353. The maximum absolute atomic E-state index is 5.93. The lowest BCUT2D eigenvalue weighted by Crippen LogP contribution is -2.03. The normalized spacial score (nSPS) is 23.7. The lowest BCUT2D eigenvalue weighted by atomic mass is 10.2. The summed E-state index contributed by atoms with van der Waals surface area (Å²) in [5.41, 5.74) is 2.30. The van der Waals surface area contributed by atoms with Crippen LogP contribution < -0.4 is 0 Å². The summed E-state index contributed by atoms with van der Waals surface area (Å²) in [7, 11) is 0. The highest BCUT2D eigenvalue weighted by molar-refractivity contribution is 8.31. The van der Waals surface area contributed by atoms with Gasteiger partial charge in [0.15, 0.2) is 6.17 Å². The Bertz CT molecular complexity index is 726. The van der Waals surface area contributed by atoms with Crippen LogP contribution in [-0.2, 0) is 0 Å². The number of hydrogen-bond acceptors (Lipinski definition) is 4. The Balaban J connectivity index is 1.59. The minimum absolute atomic E-state index is 0.0286. The van der Waals surface area contributed by atoms with E-state index in [2.05, 4.69) is 12.1 Å². The Morgan fingerprint density at radius 3 is 1.90 bits per heavy atom. The molecule has 2 aliphatic heterocycles. The van der Waals surface area contributed by atoms with Gasteiger partial charge in [0, 0.05) is 16.1 Å². The second-order valence-electron chi connectivity index (χ2n) is 4.76. The van der Waals surface area contributed by atoms with Gasteiger partial charge in [-0.1, -0.05) is 77.6 Å². The van der Waals surface area contributed by atoms with Crippen LogP contribution in [0.4, 0.5) is 0 Å². The molecule has 2 aromatic rings. The number of aliphatic imine (C=N–C) groups is 2. The summed E-state index contributed by atoms with van der Waals surface area (Å²) in [5.74, 6) is 0. The highest BCUT2D eigenvalue weighted by Crippen LogP contribution is 2.44.